The van der Waals surface area contributed by atoms with E-state index in [1.807, 2.05) is 0 Å². The molecule has 6 nitrogen and oxygen atoms in total. The van der Waals surface area contributed by atoms with E-state index >= 15 is 0 Å². The molecule has 0 saturated heterocycles. The van der Waals surface area contributed by atoms with Crippen molar-refractivity contribution in [2.24, 2.45) is 0 Å². The smallest absolute Gasteiger partial charge is 0.239 e. The van der Waals surface area contributed by atoms with Gasteiger partial charge < -0.3 is 15.0 Å². The molecule has 0 fully saturated rings. The number of nitriles is 1. The number of likely N-dealkylation sites (N-methyl/N-ethyl adjacent to an activating group) is 1. The third kappa shape index (κ3) is 6.46. The predicted molar refractivity (Wildman–Crippen MR) is 52.8 cm³/mol. The number of carbonyl (C=O) groups is 2. The minimum atomic E-state index is -0.362. The number of ether oxygens (including phenoxy) is 1. The van der Waals surface area contributed by atoms with Gasteiger partial charge in [-0.1, -0.05) is 0 Å². The minimum absolute atomic E-state index is 0.0375. The number of amides is 2. The third-order valence-corrected chi connectivity index (χ3v) is 1.67. The SMILES string of the molecule is COCCNC(=O)CN(C)C(=O)CC#N. The molecule has 0 aliphatic rings. The number of nitrogens with zero attached hydrogens (tertiary/aromatic N) is 2. The van der Waals surface area contributed by atoms with Crippen LogP contribution in [0, 0.1) is 11.3 Å². The predicted octanol–water partition coefficient (Wildman–Crippen LogP) is -0.879. The zero-order valence-electron chi connectivity index (χ0n) is 8.95. The van der Waals surface area contributed by atoms with Gasteiger partial charge in [0.05, 0.1) is 19.2 Å². The molecule has 0 aromatic heterocycles. The average molecular weight is 213 g/mol. The molecule has 0 rings (SSSR count). The van der Waals surface area contributed by atoms with Crippen molar-refractivity contribution < 1.29 is 14.3 Å². The first-order chi connectivity index (χ1) is 7.11. The highest BCUT2D eigenvalue weighted by Crippen LogP contribution is 1.88. The van der Waals surface area contributed by atoms with Gasteiger partial charge >= 0.3 is 0 Å². The molecule has 0 bridgehead atoms. The van der Waals surface area contributed by atoms with Gasteiger partial charge in [0.15, 0.2) is 0 Å². The molecule has 0 heterocycles. The molecule has 0 radical (unpaired) electrons. The molecular weight excluding hydrogens is 198 g/mol. The molecule has 0 aliphatic carbocycles. The lowest BCUT2D eigenvalue weighted by atomic mass is 10.4. The molecule has 0 saturated carbocycles. The molecule has 1 N–H and O–H groups in total. The second-order valence-corrected chi connectivity index (χ2v) is 2.93. The van der Waals surface area contributed by atoms with Gasteiger partial charge in [0, 0.05) is 20.7 Å². The zero-order valence-corrected chi connectivity index (χ0v) is 8.95. The van der Waals surface area contributed by atoms with Gasteiger partial charge in [-0.2, -0.15) is 5.26 Å². The van der Waals surface area contributed by atoms with E-state index in [1.165, 1.54) is 19.1 Å². The van der Waals surface area contributed by atoms with Crippen LogP contribution in [0.5, 0.6) is 0 Å². The Kier molecular flexibility index (Phi) is 6.93. The highest BCUT2D eigenvalue weighted by molar-refractivity contribution is 5.85. The fourth-order valence-corrected chi connectivity index (χ4v) is 0.855. The summed E-state index contributed by atoms with van der Waals surface area (Å²) < 4.78 is 4.74. The van der Waals surface area contributed by atoms with Crippen molar-refractivity contribution >= 4 is 11.8 Å². The van der Waals surface area contributed by atoms with Crippen LogP contribution in [0.25, 0.3) is 0 Å². The van der Waals surface area contributed by atoms with Gasteiger partial charge in [0.1, 0.15) is 6.42 Å². The van der Waals surface area contributed by atoms with E-state index in [9.17, 15) is 9.59 Å². The van der Waals surface area contributed by atoms with Gasteiger partial charge in [-0.25, -0.2) is 0 Å². The van der Waals surface area contributed by atoms with E-state index in [-0.39, 0.29) is 24.8 Å². The normalized spacial score (nSPS) is 9.13. The van der Waals surface area contributed by atoms with Crippen LogP contribution in [0.1, 0.15) is 6.42 Å². The Labute approximate surface area is 88.8 Å². The van der Waals surface area contributed by atoms with Gasteiger partial charge in [-0.3, -0.25) is 9.59 Å². The average Bonchev–Trinajstić information content (AvgIpc) is 2.18. The Balaban J connectivity index is 3.76. The molecule has 0 spiro atoms. The topological polar surface area (TPSA) is 82.4 Å². The summed E-state index contributed by atoms with van der Waals surface area (Å²) in [5.74, 6) is -0.625. The van der Waals surface area contributed by atoms with E-state index in [0.29, 0.717) is 13.2 Å². The lowest BCUT2D eigenvalue weighted by Gasteiger charge is -2.14. The Hall–Kier alpha value is -1.61. The number of methoxy groups -OCH3 is 1. The number of carbonyl (C=O) groups excluding carboxylic acids is 2. The lowest BCUT2D eigenvalue weighted by molar-refractivity contribution is -0.134. The van der Waals surface area contributed by atoms with E-state index in [4.69, 9.17) is 10.00 Å². The minimum Gasteiger partial charge on any atom is -0.383 e. The van der Waals surface area contributed by atoms with Crippen molar-refractivity contribution in [2.75, 3.05) is 33.9 Å². The van der Waals surface area contributed by atoms with Gasteiger partial charge in [-0.05, 0) is 0 Å². The fourth-order valence-electron chi connectivity index (χ4n) is 0.855. The molecule has 6 heteroatoms. The molecule has 0 aromatic carbocycles. The molecule has 0 aliphatic heterocycles. The molecule has 0 atom stereocenters. The van der Waals surface area contributed by atoms with Crippen molar-refractivity contribution in [3.05, 3.63) is 0 Å². The monoisotopic (exact) mass is 213 g/mol. The molecule has 84 valence electrons. The summed E-state index contributed by atoms with van der Waals surface area (Å²) in [7, 11) is 3.02. The highest BCUT2D eigenvalue weighted by Gasteiger charge is 2.11. The summed E-state index contributed by atoms with van der Waals surface area (Å²) in [6.45, 7) is 0.807. The van der Waals surface area contributed by atoms with Gasteiger partial charge in [-0.15, -0.1) is 0 Å². The van der Waals surface area contributed by atoms with Crippen LogP contribution < -0.4 is 5.32 Å². The largest absolute Gasteiger partial charge is 0.383 e. The first kappa shape index (κ1) is 13.4. The van der Waals surface area contributed by atoms with Crippen LogP contribution in [0.4, 0.5) is 0 Å². The molecule has 15 heavy (non-hydrogen) atoms. The van der Waals surface area contributed by atoms with Crippen LogP contribution in [-0.4, -0.2) is 50.6 Å². The van der Waals surface area contributed by atoms with Crippen LogP contribution in [0.15, 0.2) is 0 Å². The maximum atomic E-state index is 11.2. The summed E-state index contributed by atoms with van der Waals surface area (Å²) >= 11 is 0. The first-order valence-corrected chi connectivity index (χ1v) is 4.48. The zero-order chi connectivity index (χ0) is 11.7. The van der Waals surface area contributed by atoms with Gasteiger partial charge in [0.2, 0.25) is 11.8 Å². The summed E-state index contributed by atoms with van der Waals surface area (Å²) in [6, 6.07) is 1.73. The summed E-state index contributed by atoms with van der Waals surface area (Å²) in [6.07, 6.45) is -0.206. The Morgan fingerprint density at radius 2 is 2.20 bits per heavy atom. The van der Waals surface area contributed by atoms with E-state index in [1.54, 1.807) is 6.07 Å². The number of nitrogens with one attached hydrogen (secondary N) is 1. The second-order valence-electron chi connectivity index (χ2n) is 2.93. The van der Waals surface area contributed by atoms with Gasteiger partial charge in [0.25, 0.3) is 0 Å². The maximum absolute atomic E-state index is 11.2. The van der Waals surface area contributed by atoms with E-state index < -0.39 is 0 Å². The molecule has 0 unspecified atom stereocenters. The van der Waals surface area contributed by atoms with Crippen LogP contribution in [0.3, 0.4) is 0 Å². The van der Waals surface area contributed by atoms with Crippen molar-refractivity contribution in [3.8, 4) is 6.07 Å². The lowest BCUT2D eigenvalue weighted by Crippen LogP contribution is -2.39. The van der Waals surface area contributed by atoms with Crippen molar-refractivity contribution in [2.45, 2.75) is 6.42 Å². The summed E-state index contributed by atoms with van der Waals surface area (Å²) in [4.78, 5) is 23.5. The van der Waals surface area contributed by atoms with Crippen molar-refractivity contribution in [1.82, 2.24) is 10.2 Å². The van der Waals surface area contributed by atoms with Crippen molar-refractivity contribution in [3.63, 3.8) is 0 Å². The van der Waals surface area contributed by atoms with E-state index in [0.717, 1.165) is 0 Å². The quantitative estimate of drug-likeness (QED) is 0.581. The summed E-state index contributed by atoms with van der Waals surface area (Å²) in [5.41, 5.74) is 0. The van der Waals surface area contributed by atoms with Crippen LogP contribution in [-0.2, 0) is 14.3 Å². The fraction of sp³-hybridized carbons (Fsp3) is 0.667. The highest BCUT2D eigenvalue weighted by atomic mass is 16.5. The Bertz CT molecular complexity index is 260. The number of rotatable bonds is 6. The standard InChI is InChI=1S/C9H15N3O3/c1-12(9(14)3-4-10)7-8(13)11-5-6-15-2/h3,5-7H2,1-2H3,(H,11,13). The number of hydrogen-bond acceptors (Lipinski definition) is 4. The second kappa shape index (κ2) is 7.76. The third-order valence-electron chi connectivity index (χ3n) is 1.67. The summed E-state index contributed by atoms with van der Waals surface area (Å²) in [5, 5.41) is 10.8. The molecule has 0 aromatic rings. The number of hydrogen-bond donors (Lipinski definition) is 1. The Morgan fingerprint density at radius 1 is 1.53 bits per heavy atom. The van der Waals surface area contributed by atoms with E-state index in [2.05, 4.69) is 5.32 Å². The first-order valence-electron chi connectivity index (χ1n) is 4.48. The molecule has 2 amide bonds. The van der Waals surface area contributed by atoms with Crippen molar-refractivity contribution in [1.29, 1.82) is 5.26 Å². The van der Waals surface area contributed by atoms with Crippen LogP contribution >= 0.6 is 0 Å². The Morgan fingerprint density at radius 3 is 2.73 bits per heavy atom. The maximum Gasteiger partial charge on any atom is 0.239 e. The van der Waals surface area contributed by atoms with Crippen LogP contribution in [0.2, 0.25) is 0 Å². The molecular formula is C9H15N3O3.